The zero-order valence-electron chi connectivity index (χ0n) is 18.3. The molecule has 1 aromatic rings. The van der Waals surface area contributed by atoms with E-state index in [0.717, 1.165) is 19.3 Å². The number of halogens is 6. The second kappa shape index (κ2) is 8.52. The first-order valence-electron chi connectivity index (χ1n) is 9.91. The van der Waals surface area contributed by atoms with Crippen molar-refractivity contribution < 1.29 is 31.1 Å². The summed E-state index contributed by atoms with van der Waals surface area (Å²) in [6.45, 7) is 6.55. The Labute approximate surface area is 178 Å². The summed E-state index contributed by atoms with van der Waals surface area (Å²) >= 11 is 0. The predicted molar refractivity (Wildman–Crippen MR) is 107 cm³/mol. The van der Waals surface area contributed by atoms with Crippen LogP contribution in [0, 0.1) is 10.8 Å². The van der Waals surface area contributed by atoms with Gasteiger partial charge in [-0.3, -0.25) is 0 Å². The third-order valence-corrected chi connectivity index (χ3v) is 5.67. The minimum atomic E-state index is -4.98. The van der Waals surface area contributed by atoms with Crippen LogP contribution in [0.3, 0.4) is 0 Å². The molecule has 2 amide bonds. The molecule has 0 aromatic heterocycles. The van der Waals surface area contributed by atoms with Crippen LogP contribution in [0.15, 0.2) is 18.2 Å². The van der Waals surface area contributed by atoms with Gasteiger partial charge in [-0.1, -0.05) is 20.8 Å². The van der Waals surface area contributed by atoms with Gasteiger partial charge in [-0.05, 0) is 62.4 Å². The Balaban J connectivity index is 2.13. The Hall–Kier alpha value is -1.97. The molecule has 1 fully saturated rings. The van der Waals surface area contributed by atoms with Crippen molar-refractivity contribution in [2.75, 3.05) is 26.0 Å². The number of hydrogen-bond acceptors (Lipinski definition) is 2. The molecule has 1 saturated carbocycles. The minimum absolute atomic E-state index is 0.0234. The van der Waals surface area contributed by atoms with Gasteiger partial charge in [0.05, 0.1) is 11.1 Å². The highest BCUT2D eigenvalue weighted by molar-refractivity contribution is 5.89. The summed E-state index contributed by atoms with van der Waals surface area (Å²) in [4.78, 5) is 14.4. The topological polar surface area (TPSA) is 44.4 Å². The summed E-state index contributed by atoms with van der Waals surface area (Å²) in [5.74, 6) is 0. The lowest BCUT2D eigenvalue weighted by atomic mass is 9.62. The molecule has 1 aromatic carbocycles. The van der Waals surface area contributed by atoms with Gasteiger partial charge in [0, 0.05) is 18.3 Å². The van der Waals surface area contributed by atoms with Crippen molar-refractivity contribution in [2.45, 2.75) is 58.4 Å². The van der Waals surface area contributed by atoms with E-state index >= 15 is 0 Å². The molecule has 0 spiro atoms. The Morgan fingerprint density at radius 2 is 1.52 bits per heavy atom. The molecule has 0 aliphatic heterocycles. The van der Waals surface area contributed by atoms with Crippen LogP contribution in [0.1, 0.15) is 51.2 Å². The van der Waals surface area contributed by atoms with Crippen molar-refractivity contribution in [1.29, 1.82) is 0 Å². The summed E-state index contributed by atoms with van der Waals surface area (Å²) in [6.07, 6.45) is -7.32. The molecule has 1 aliphatic carbocycles. The number of urea groups is 1. The van der Waals surface area contributed by atoms with E-state index in [1.165, 1.54) is 0 Å². The van der Waals surface area contributed by atoms with Gasteiger partial charge in [0.1, 0.15) is 0 Å². The highest BCUT2D eigenvalue weighted by atomic mass is 19.4. The molecule has 1 aliphatic rings. The molecule has 4 nitrogen and oxygen atoms in total. The number of amides is 2. The lowest BCUT2D eigenvalue weighted by molar-refractivity contribution is -0.143. The molecule has 0 saturated heterocycles. The van der Waals surface area contributed by atoms with Gasteiger partial charge in [-0.15, -0.1) is 0 Å². The van der Waals surface area contributed by atoms with E-state index in [4.69, 9.17) is 0 Å². The van der Waals surface area contributed by atoms with Crippen LogP contribution in [0.5, 0.6) is 0 Å². The number of benzene rings is 1. The third kappa shape index (κ3) is 7.02. The van der Waals surface area contributed by atoms with Crippen molar-refractivity contribution in [2.24, 2.45) is 10.8 Å². The fourth-order valence-corrected chi connectivity index (χ4v) is 4.57. The van der Waals surface area contributed by atoms with Crippen molar-refractivity contribution in [3.8, 4) is 0 Å². The maximum atomic E-state index is 13.0. The van der Waals surface area contributed by atoms with Gasteiger partial charge in [0.2, 0.25) is 0 Å². The van der Waals surface area contributed by atoms with E-state index in [2.05, 4.69) is 29.4 Å². The third-order valence-electron chi connectivity index (χ3n) is 5.67. The van der Waals surface area contributed by atoms with E-state index in [1.54, 1.807) is 0 Å². The van der Waals surface area contributed by atoms with Gasteiger partial charge < -0.3 is 15.5 Å². The monoisotopic (exact) mass is 453 g/mol. The second-order valence-corrected chi connectivity index (χ2v) is 9.78. The molecule has 0 unspecified atom stereocenters. The average Bonchev–Trinajstić information content (AvgIpc) is 2.56. The summed E-state index contributed by atoms with van der Waals surface area (Å²) < 4.78 is 77.9. The quantitative estimate of drug-likeness (QED) is 0.550. The molecular formula is C21H29F6N3O. The van der Waals surface area contributed by atoms with Crippen molar-refractivity contribution >= 4 is 11.7 Å². The zero-order valence-corrected chi connectivity index (χ0v) is 18.3. The predicted octanol–water partition coefficient (Wildman–Crippen LogP) is 5.99. The standard InChI is InChI=1S/C21H29F6N3O/c1-18(2)9-16(30(4)5)10-19(3,11-18)12-28-17(31)29-15-7-13(20(22,23)24)6-14(8-15)21(25,26)27/h6-8,16H,9-12H2,1-5H3,(H2,28,29,31)/t16-,19-/m0/s1. The molecule has 0 bridgehead atoms. The second-order valence-electron chi connectivity index (χ2n) is 9.78. The lowest BCUT2D eigenvalue weighted by Gasteiger charge is -2.48. The fourth-order valence-electron chi connectivity index (χ4n) is 4.57. The number of rotatable bonds is 4. The molecule has 2 atom stereocenters. The molecule has 0 heterocycles. The first-order chi connectivity index (χ1) is 13.9. The first-order valence-corrected chi connectivity index (χ1v) is 9.91. The number of hydrogen-bond donors (Lipinski definition) is 2. The van der Waals surface area contributed by atoms with Gasteiger partial charge in [-0.25, -0.2) is 4.79 Å². The van der Waals surface area contributed by atoms with Gasteiger partial charge in [0.25, 0.3) is 0 Å². The Bertz CT molecular complexity index is 771. The molecule has 0 radical (unpaired) electrons. The number of anilines is 1. The van der Waals surface area contributed by atoms with Crippen molar-refractivity contribution in [1.82, 2.24) is 10.2 Å². The maximum absolute atomic E-state index is 13.0. The van der Waals surface area contributed by atoms with Gasteiger partial charge in [0.15, 0.2) is 0 Å². The molecular weight excluding hydrogens is 424 g/mol. The highest BCUT2D eigenvalue weighted by Gasteiger charge is 2.42. The molecule has 176 valence electrons. The number of carbonyl (C=O) groups excluding carboxylic acids is 1. The zero-order chi connectivity index (χ0) is 23.8. The van der Waals surface area contributed by atoms with Crippen LogP contribution >= 0.6 is 0 Å². The number of nitrogens with one attached hydrogen (secondary N) is 2. The van der Waals surface area contributed by atoms with E-state index in [9.17, 15) is 31.1 Å². The smallest absolute Gasteiger partial charge is 0.337 e. The molecule has 10 heteroatoms. The van der Waals surface area contributed by atoms with Crippen LogP contribution in [-0.2, 0) is 12.4 Å². The van der Waals surface area contributed by atoms with E-state index in [0.29, 0.717) is 18.2 Å². The first kappa shape index (κ1) is 25.3. The molecule has 2 N–H and O–H groups in total. The maximum Gasteiger partial charge on any atom is 0.416 e. The largest absolute Gasteiger partial charge is 0.416 e. The highest BCUT2D eigenvalue weighted by Crippen LogP contribution is 2.46. The number of alkyl halides is 6. The lowest BCUT2D eigenvalue weighted by Crippen LogP contribution is -2.49. The normalized spacial score (nSPS) is 24.2. The van der Waals surface area contributed by atoms with Gasteiger partial charge in [-0.2, -0.15) is 26.3 Å². The fraction of sp³-hybridized carbons (Fsp3) is 0.667. The summed E-state index contributed by atoms with van der Waals surface area (Å²) in [5, 5.41) is 4.74. The Morgan fingerprint density at radius 3 is 1.97 bits per heavy atom. The van der Waals surface area contributed by atoms with Crippen LogP contribution in [0.25, 0.3) is 0 Å². The van der Waals surface area contributed by atoms with Crippen LogP contribution in [0.2, 0.25) is 0 Å². The Kier molecular flexibility index (Phi) is 6.95. The van der Waals surface area contributed by atoms with Crippen LogP contribution < -0.4 is 10.6 Å². The van der Waals surface area contributed by atoms with Crippen molar-refractivity contribution in [3.63, 3.8) is 0 Å². The van der Waals surface area contributed by atoms with Crippen LogP contribution in [0.4, 0.5) is 36.8 Å². The molecule has 31 heavy (non-hydrogen) atoms. The summed E-state index contributed by atoms with van der Waals surface area (Å²) in [7, 11) is 3.97. The minimum Gasteiger partial charge on any atom is -0.337 e. The van der Waals surface area contributed by atoms with E-state index in [1.807, 2.05) is 21.0 Å². The van der Waals surface area contributed by atoms with E-state index in [-0.39, 0.29) is 23.4 Å². The SMILES string of the molecule is CN(C)[C@H]1CC(C)(C)C[C@@](C)(CNC(=O)Nc2cc(C(F)(F)F)cc(C(F)(F)F)c2)C1. The van der Waals surface area contributed by atoms with Crippen molar-refractivity contribution in [3.05, 3.63) is 29.3 Å². The molecule has 2 rings (SSSR count). The summed E-state index contributed by atoms with van der Waals surface area (Å²) in [6, 6.07) is 0.454. The van der Waals surface area contributed by atoms with Gasteiger partial charge >= 0.3 is 18.4 Å². The average molecular weight is 453 g/mol. The van der Waals surface area contributed by atoms with Crippen LogP contribution in [-0.4, -0.2) is 37.6 Å². The number of nitrogens with zero attached hydrogens (tertiary/aromatic N) is 1. The van der Waals surface area contributed by atoms with E-state index < -0.39 is 35.2 Å². The summed E-state index contributed by atoms with van der Waals surface area (Å²) in [5.41, 5.74) is -3.76. The Morgan fingerprint density at radius 1 is 1.00 bits per heavy atom. The number of carbonyl (C=O) groups is 1.